The number of rotatable bonds is 22. The van der Waals surface area contributed by atoms with E-state index in [1.165, 1.54) is 70.3 Å². The zero-order chi connectivity index (χ0) is 26.5. The van der Waals surface area contributed by atoms with E-state index in [-0.39, 0.29) is 24.8 Å². The molecule has 1 amide bonds. The monoisotopic (exact) mass is 527 g/mol. The van der Waals surface area contributed by atoms with E-state index in [0.717, 1.165) is 19.3 Å². The Balaban J connectivity index is 2.34. The minimum Gasteiger partial charge on any atom is -0.476 e. The molecule has 0 aliphatic rings. The maximum absolute atomic E-state index is 12.7. The molecule has 0 aromatic heterocycles. The molecule has 0 aliphatic carbocycles. The largest absolute Gasteiger partial charge is 0.476 e. The maximum atomic E-state index is 12.7. The minimum atomic E-state index is -3.55. The van der Waals surface area contributed by atoms with Crippen molar-refractivity contribution in [2.75, 3.05) is 36.2 Å². The van der Waals surface area contributed by atoms with Crippen molar-refractivity contribution in [3.63, 3.8) is 0 Å². The summed E-state index contributed by atoms with van der Waals surface area (Å²) in [5.74, 6) is 0.426. The Morgan fingerprint density at radius 1 is 0.833 bits per heavy atom. The van der Waals surface area contributed by atoms with Crippen molar-refractivity contribution in [3.8, 4) is 5.75 Å². The highest BCUT2D eigenvalue weighted by Crippen LogP contribution is 2.29. The molecule has 36 heavy (non-hydrogen) atoms. The Labute approximate surface area is 219 Å². The Morgan fingerprint density at radius 3 is 1.92 bits per heavy atom. The fourth-order valence-corrected chi connectivity index (χ4v) is 5.13. The fraction of sp³-hybridized carbons (Fsp3) is 0.741. The van der Waals surface area contributed by atoms with Gasteiger partial charge in [0.1, 0.15) is 12.5 Å². The van der Waals surface area contributed by atoms with Crippen LogP contribution in [0.15, 0.2) is 18.2 Å². The normalized spacial score (nSPS) is 11.3. The Morgan fingerprint density at radius 2 is 1.39 bits per heavy atom. The number of ether oxygens (including phenoxy) is 2. The zero-order valence-electron chi connectivity index (χ0n) is 22.7. The van der Waals surface area contributed by atoms with E-state index in [4.69, 9.17) is 9.47 Å². The molecular formula is C27H49N3O5S. The first-order chi connectivity index (χ1) is 17.4. The van der Waals surface area contributed by atoms with Crippen LogP contribution in [0.2, 0.25) is 0 Å². The molecule has 0 heterocycles. The van der Waals surface area contributed by atoms with Crippen LogP contribution in [-0.2, 0) is 14.8 Å². The van der Waals surface area contributed by atoms with Gasteiger partial charge in [-0.2, -0.15) is 0 Å². The molecule has 8 nitrogen and oxygen atoms in total. The predicted molar refractivity (Wildman–Crippen MR) is 149 cm³/mol. The molecule has 3 N–H and O–H groups in total. The van der Waals surface area contributed by atoms with Crippen molar-refractivity contribution < 1.29 is 22.7 Å². The molecule has 1 aromatic rings. The lowest BCUT2D eigenvalue weighted by Crippen LogP contribution is -2.20. The lowest BCUT2D eigenvalue weighted by Gasteiger charge is -2.15. The van der Waals surface area contributed by atoms with E-state index in [2.05, 4.69) is 22.3 Å². The molecule has 0 aliphatic heterocycles. The lowest BCUT2D eigenvalue weighted by molar-refractivity contribution is 0.168. The van der Waals surface area contributed by atoms with Crippen molar-refractivity contribution in [2.24, 2.45) is 0 Å². The number of hydrogen-bond donors (Lipinski definition) is 3. The molecule has 0 saturated heterocycles. The number of carbonyl (C=O) groups is 1. The third-order valence-corrected chi connectivity index (χ3v) is 7.26. The van der Waals surface area contributed by atoms with Gasteiger partial charge in [0.25, 0.3) is 0 Å². The van der Waals surface area contributed by atoms with E-state index in [9.17, 15) is 13.2 Å². The molecule has 0 bridgehead atoms. The Kier molecular flexibility index (Phi) is 17.9. The van der Waals surface area contributed by atoms with Gasteiger partial charge >= 0.3 is 6.09 Å². The van der Waals surface area contributed by atoms with Crippen LogP contribution >= 0.6 is 0 Å². The van der Waals surface area contributed by atoms with Gasteiger partial charge in [0, 0.05) is 5.69 Å². The first-order valence-corrected chi connectivity index (χ1v) is 15.4. The fourth-order valence-electron chi connectivity index (χ4n) is 3.95. The molecule has 0 saturated carbocycles. The van der Waals surface area contributed by atoms with Gasteiger partial charge in [-0.25, -0.2) is 13.2 Å². The molecule has 0 radical (unpaired) electrons. The summed E-state index contributed by atoms with van der Waals surface area (Å²) >= 11 is 0. The van der Waals surface area contributed by atoms with Crippen molar-refractivity contribution in [1.29, 1.82) is 0 Å². The summed E-state index contributed by atoms with van der Waals surface area (Å²) in [5, 5.41) is 5.45. The molecule has 1 rings (SSSR count). The summed E-state index contributed by atoms with van der Waals surface area (Å²) in [7, 11) is -1.82. The average Bonchev–Trinajstić information content (AvgIpc) is 2.83. The van der Waals surface area contributed by atoms with Gasteiger partial charge in [-0.15, -0.1) is 0 Å². The summed E-state index contributed by atoms with van der Waals surface area (Å²) in [6.07, 6.45) is 16.5. The predicted octanol–water partition coefficient (Wildman–Crippen LogP) is 7.03. The Hall–Kier alpha value is -2.00. The number of amides is 1. The average molecular weight is 528 g/mol. The van der Waals surface area contributed by atoms with E-state index in [1.54, 1.807) is 26.1 Å². The molecule has 1 aromatic carbocycles. The first-order valence-electron chi connectivity index (χ1n) is 13.8. The van der Waals surface area contributed by atoms with Crippen LogP contribution in [0.1, 0.15) is 104 Å². The summed E-state index contributed by atoms with van der Waals surface area (Å²) in [6.45, 7) is 4.43. The van der Waals surface area contributed by atoms with Gasteiger partial charge in [0.2, 0.25) is 10.0 Å². The van der Waals surface area contributed by atoms with Gasteiger partial charge in [0.05, 0.1) is 18.0 Å². The molecule has 0 atom stereocenters. The molecule has 0 spiro atoms. The number of unbranched alkanes of at least 4 members (excludes halogenated alkanes) is 13. The standard InChI is InChI=1S/C27H49N3O5S/c1-4-6-7-8-9-10-11-12-13-14-15-16-17-18-21-36(32,33)30-25-22-24(29-27(31)34-5-2)19-20-26(25)35-23-28-3/h19-20,22,28,30H,4-18,21,23H2,1-3H3,(H,29,31). The Bertz CT molecular complexity index is 818. The number of benzene rings is 1. The number of carbonyl (C=O) groups excluding carboxylic acids is 1. The summed E-state index contributed by atoms with van der Waals surface area (Å²) in [6, 6.07) is 4.78. The number of anilines is 2. The van der Waals surface area contributed by atoms with E-state index < -0.39 is 16.1 Å². The van der Waals surface area contributed by atoms with Crippen LogP contribution in [0.5, 0.6) is 5.75 Å². The number of nitrogens with one attached hydrogen (secondary N) is 3. The van der Waals surface area contributed by atoms with Crippen molar-refractivity contribution >= 4 is 27.5 Å². The van der Waals surface area contributed by atoms with Gasteiger partial charge in [0.15, 0.2) is 0 Å². The van der Waals surface area contributed by atoms with Gasteiger partial charge in [-0.3, -0.25) is 15.4 Å². The highest BCUT2D eigenvalue weighted by Gasteiger charge is 2.15. The molecule has 0 unspecified atom stereocenters. The SMILES string of the molecule is CCCCCCCCCCCCCCCCS(=O)(=O)Nc1cc(NC(=O)OCC)ccc1OCNC. The maximum Gasteiger partial charge on any atom is 0.411 e. The first kappa shape index (κ1) is 32.0. The minimum absolute atomic E-state index is 0.0477. The van der Waals surface area contributed by atoms with Crippen molar-refractivity contribution in [3.05, 3.63) is 18.2 Å². The van der Waals surface area contributed by atoms with Crippen molar-refractivity contribution in [2.45, 2.75) is 104 Å². The van der Waals surface area contributed by atoms with Gasteiger partial charge in [-0.1, -0.05) is 90.4 Å². The van der Waals surface area contributed by atoms with Crippen LogP contribution in [-0.4, -0.2) is 40.6 Å². The molecule has 0 fully saturated rings. The van der Waals surface area contributed by atoms with E-state index >= 15 is 0 Å². The second-order valence-corrected chi connectivity index (χ2v) is 11.1. The molecular weight excluding hydrogens is 478 g/mol. The second-order valence-electron chi connectivity index (χ2n) is 9.22. The third kappa shape index (κ3) is 15.9. The van der Waals surface area contributed by atoms with Crippen LogP contribution in [0.25, 0.3) is 0 Å². The highest BCUT2D eigenvalue weighted by molar-refractivity contribution is 7.92. The summed E-state index contributed by atoms with van der Waals surface area (Å²) < 4.78 is 38.5. The van der Waals surface area contributed by atoms with E-state index in [0.29, 0.717) is 17.9 Å². The van der Waals surface area contributed by atoms with Crippen LogP contribution < -0.4 is 20.1 Å². The van der Waals surface area contributed by atoms with Gasteiger partial charge in [-0.05, 0) is 38.6 Å². The summed E-state index contributed by atoms with van der Waals surface area (Å²) in [5.41, 5.74) is 0.698. The van der Waals surface area contributed by atoms with Crippen LogP contribution in [0.4, 0.5) is 16.2 Å². The smallest absolute Gasteiger partial charge is 0.411 e. The topological polar surface area (TPSA) is 106 Å². The lowest BCUT2D eigenvalue weighted by atomic mass is 10.0. The van der Waals surface area contributed by atoms with E-state index in [1.807, 2.05) is 0 Å². The highest BCUT2D eigenvalue weighted by atomic mass is 32.2. The second kappa shape index (κ2) is 20.1. The zero-order valence-corrected chi connectivity index (χ0v) is 23.5. The van der Waals surface area contributed by atoms with Gasteiger partial charge < -0.3 is 9.47 Å². The summed E-state index contributed by atoms with van der Waals surface area (Å²) in [4.78, 5) is 11.7. The quantitative estimate of drug-likeness (QED) is 0.110. The number of hydrogen-bond acceptors (Lipinski definition) is 6. The molecule has 9 heteroatoms. The van der Waals surface area contributed by atoms with Crippen LogP contribution in [0.3, 0.4) is 0 Å². The van der Waals surface area contributed by atoms with Crippen LogP contribution in [0, 0.1) is 0 Å². The number of sulfonamides is 1. The van der Waals surface area contributed by atoms with Crippen molar-refractivity contribution in [1.82, 2.24) is 5.32 Å². The molecule has 208 valence electrons. The third-order valence-electron chi connectivity index (χ3n) is 5.91.